The van der Waals surface area contributed by atoms with E-state index in [-0.39, 0.29) is 12.1 Å². The van der Waals surface area contributed by atoms with Crippen LogP contribution in [0.5, 0.6) is 0 Å². The zero-order valence-electron chi connectivity index (χ0n) is 18.5. The lowest BCUT2D eigenvalue weighted by Crippen LogP contribution is -2.48. The number of nitrogens with zero attached hydrogens (tertiary/aromatic N) is 6. The van der Waals surface area contributed by atoms with Gasteiger partial charge in [-0.1, -0.05) is 6.07 Å². The minimum atomic E-state index is -0.180. The van der Waals surface area contributed by atoms with E-state index in [1.165, 1.54) is 0 Å². The molecule has 0 saturated carbocycles. The number of aryl methyl sites for hydroxylation is 2. The van der Waals surface area contributed by atoms with Crippen LogP contribution in [0.4, 0.5) is 22.0 Å². The number of urea groups is 1. The molecule has 2 aliphatic heterocycles. The molecule has 8 heteroatoms. The van der Waals surface area contributed by atoms with E-state index in [0.717, 1.165) is 64.4 Å². The number of aromatic nitrogens is 4. The summed E-state index contributed by atoms with van der Waals surface area (Å²) in [4.78, 5) is 27.1. The highest BCUT2D eigenvalue weighted by atomic mass is 16.2. The summed E-state index contributed by atoms with van der Waals surface area (Å²) in [6.07, 6.45) is 2.70. The Labute approximate surface area is 191 Å². The molecular weight excluding hydrogens is 414 g/mol. The standard InChI is InChI=1S/C25H23N7O/c1-15-12-17(8-10-26-15)20-6-7-23-24(27-20)32(18-9-11-31(23)14-18)25(33)28-21-4-3-5-22-19(21)13-16(2)29-30-22/h3-8,10,12-13,18H,9,11,14H2,1-2H3,(H,28,33)/t18-/m0/s1. The molecule has 1 saturated heterocycles. The summed E-state index contributed by atoms with van der Waals surface area (Å²) < 4.78 is 0. The van der Waals surface area contributed by atoms with Crippen LogP contribution in [0.1, 0.15) is 17.8 Å². The zero-order chi connectivity index (χ0) is 22.5. The summed E-state index contributed by atoms with van der Waals surface area (Å²) in [5, 5.41) is 12.4. The number of hydrogen-bond acceptors (Lipinski definition) is 6. The Hall–Kier alpha value is -4.07. The normalized spacial score (nSPS) is 16.7. The topological polar surface area (TPSA) is 87.1 Å². The summed E-state index contributed by atoms with van der Waals surface area (Å²) in [6.45, 7) is 5.59. The predicted molar refractivity (Wildman–Crippen MR) is 129 cm³/mol. The third kappa shape index (κ3) is 3.34. The zero-order valence-corrected chi connectivity index (χ0v) is 18.5. The molecule has 2 amide bonds. The molecule has 0 radical (unpaired) electrons. The lowest BCUT2D eigenvalue weighted by molar-refractivity contribution is 0.255. The van der Waals surface area contributed by atoms with Gasteiger partial charge in [-0.3, -0.25) is 9.88 Å². The smallest absolute Gasteiger partial charge is 0.327 e. The van der Waals surface area contributed by atoms with Crippen LogP contribution in [0.15, 0.2) is 54.7 Å². The molecule has 0 spiro atoms. The lowest BCUT2D eigenvalue weighted by atomic mass is 10.1. The Morgan fingerprint density at radius 3 is 2.85 bits per heavy atom. The second kappa shape index (κ2) is 7.51. The van der Waals surface area contributed by atoms with E-state index in [0.29, 0.717) is 5.82 Å². The van der Waals surface area contributed by atoms with E-state index in [4.69, 9.17) is 4.98 Å². The first kappa shape index (κ1) is 19.6. The molecule has 6 rings (SSSR count). The summed E-state index contributed by atoms with van der Waals surface area (Å²) in [5.74, 6) is 0.699. The van der Waals surface area contributed by atoms with Crippen molar-refractivity contribution in [2.24, 2.45) is 0 Å². The maximum Gasteiger partial charge on any atom is 0.327 e. The molecule has 1 fully saturated rings. The molecule has 8 nitrogen and oxygen atoms in total. The van der Waals surface area contributed by atoms with Crippen LogP contribution in [0, 0.1) is 13.8 Å². The third-order valence-electron chi connectivity index (χ3n) is 6.36. The van der Waals surface area contributed by atoms with Gasteiger partial charge in [0.2, 0.25) is 0 Å². The summed E-state index contributed by atoms with van der Waals surface area (Å²) in [6, 6.07) is 15.6. The van der Waals surface area contributed by atoms with Crippen molar-refractivity contribution in [2.45, 2.75) is 26.3 Å². The first-order valence-electron chi connectivity index (χ1n) is 11.1. The van der Waals surface area contributed by atoms with Gasteiger partial charge in [0, 0.05) is 35.9 Å². The number of hydrogen-bond donors (Lipinski definition) is 1. The first-order chi connectivity index (χ1) is 16.1. The number of carbonyl (C=O) groups excluding carboxylic acids is 1. The van der Waals surface area contributed by atoms with E-state index in [9.17, 15) is 4.79 Å². The number of anilines is 3. The molecule has 3 aromatic heterocycles. The molecule has 33 heavy (non-hydrogen) atoms. The van der Waals surface area contributed by atoms with Crippen molar-refractivity contribution in [1.29, 1.82) is 0 Å². The summed E-state index contributed by atoms with van der Waals surface area (Å²) in [7, 11) is 0. The van der Waals surface area contributed by atoms with Gasteiger partial charge < -0.3 is 10.2 Å². The molecular formula is C25H23N7O. The number of carbonyl (C=O) groups is 1. The Morgan fingerprint density at radius 1 is 1.06 bits per heavy atom. The molecule has 0 aliphatic carbocycles. The van der Waals surface area contributed by atoms with Crippen LogP contribution in [0.25, 0.3) is 22.2 Å². The molecule has 5 heterocycles. The Morgan fingerprint density at radius 2 is 1.97 bits per heavy atom. The van der Waals surface area contributed by atoms with Gasteiger partial charge in [-0.2, -0.15) is 10.2 Å². The highest BCUT2D eigenvalue weighted by Gasteiger charge is 2.40. The average Bonchev–Trinajstić information content (AvgIpc) is 3.23. The second-order valence-electron chi connectivity index (χ2n) is 8.64. The summed E-state index contributed by atoms with van der Waals surface area (Å²) >= 11 is 0. The molecule has 164 valence electrons. The number of benzene rings is 1. The number of nitrogens with one attached hydrogen (secondary N) is 1. The maximum absolute atomic E-state index is 13.7. The fraction of sp³-hybridized carbons (Fsp3) is 0.240. The van der Waals surface area contributed by atoms with Gasteiger partial charge in [-0.15, -0.1) is 0 Å². The number of fused-ring (bicyclic) bond motifs is 5. The van der Waals surface area contributed by atoms with Crippen molar-refractivity contribution in [3.63, 3.8) is 0 Å². The van der Waals surface area contributed by atoms with Crippen molar-refractivity contribution in [1.82, 2.24) is 20.2 Å². The number of amides is 2. The number of rotatable bonds is 2. The monoisotopic (exact) mass is 437 g/mol. The Balaban J connectivity index is 1.40. The van der Waals surface area contributed by atoms with E-state index in [1.54, 1.807) is 6.20 Å². The molecule has 4 aromatic rings. The van der Waals surface area contributed by atoms with Crippen molar-refractivity contribution in [3.05, 3.63) is 66.1 Å². The van der Waals surface area contributed by atoms with Crippen molar-refractivity contribution in [2.75, 3.05) is 28.2 Å². The maximum atomic E-state index is 13.7. The van der Waals surface area contributed by atoms with Crippen LogP contribution in [0.2, 0.25) is 0 Å². The fourth-order valence-corrected chi connectivity index (χ4v) is 4.78. The average molecular weight is 438 g/mol. The van der Waals surface area contributed by atoms with Crippen LogP contribution < -0.4 is 15.1 Å². The van der Waals surface area contributed by atoms with Crippen molar-refractivity contribution in [3.8, 4) is 11.3 Å². The van der Waals surface area contributed by atoms with Crippen molar-refractivity contribution >= 4 is 34.1 Å². The predicted octanol–water partition coefficient (Wildman–Crippen LogP) is 4.33. The molecule has 0 unspecified atom stereocenters. The molecule has 1 N–H and O–H groups in total. The molecule has 2 aliphatic rings. The Bertz CT molecular complexity index is 1400. The first-order valence-corrected chi connectivity index (χ1v) is 11.1. The van der Waals surface area contributed by atoms with Crippen LogP contribution in [-0.2, 0) is 0 Å². The van der Waals surface area contributed by atoms with Crippen LogP contribution in [-0.4, -0.2) is 45.3 Å². The van der Waals surface area contributed by atoms with Gasteiger partial charge in [0.1, 0.15) is 0 Å². The van der Waals surface area contributed by atoms with Crippen LogP contribution in [0.3, 0.4) is 0 Å². The van der Waals surface area contributed by atoms with Crippen molar-refractivity contribution < 1.29 is 4.79 Å². The molecule has 1 aromatic carbocycles. The lowest BCUT2D eigenvalue weighted by Gasteiger charge is -2.36. The minimum Gasteiger partial charge on any atom is -0.366 e. The van der Waals surface area contributed by atoms with E-state index in [1.807, 2.05) is 61.2 Å². The largest absolute Gasteiger partial charge is 0.366 e. The second-order valence-corrected chi connectivity index (χ2v) is 8.64. The quantitative estimate of drug-likeness (QED) is 0.502. The highest BCUT2D eigenvalue weighted by Crippen LogP contribution is 2.40. The van der Waals surface area contributed by atoms with Gasteiger partial charge in [-0.25, -0.2) is 9.78 Å². The SMILES string of the molecule is Cc1cc(-c2ccc3c(n2)N(C(=O)Nc2cccc4nnc(C)cc24)[C@H]2CCN3C2)ccn1. The Kier molecular flexibility index (Phi) is 4.46. The fourth-order valence-electron chi connectivity index (χ4n) is 4.78. The van der Waals surface area contributed by atoms with Gasteiger partial charge in [-0.05, 0) is 62.7 Å². The van der Waals surface area contributed by atoms with E-state index < -0.39 is 0 Å². The van der Waals surface area contributed by atoms with Gasteiger partial charge >= 0.3 is 6.03 Å². The van der Waals surface area contributed by atoms with E-state index in [2.05, 4.69) is 31.5 Å². The van der Waals surface area contributed by atoms with Gasteiger partial charge in [0.05, 0.1) is 34.3 Å². The third-order valence-corrected chi connectivity index (χ3v) is 6.36. The number of pyridine rings is 2. The van der Waals surface area contributed by atoms with Gasteiger partial charge in [0.25, 0.3) is 0 Å². The van der Waals surface area contributed by atoms with Crippen LogP contribution >= 0.6 is 0 Å². The van der Waals surface area contributed by atoms with Gasteiger partial charge in [0.15, 0.2) is 5.82 Å². The van der Waals surface area contributed by atoms with E-state index >= 15 is 0 Å². The minimum absolute atomic E-state index is 0.0796. The molecule has 2 bridgehead atoms. The summed E-state index contributed by atoms with van der Waals surface area (Å²) in [5.41, 5.74) is 6.01. The highest BCUT2D eigenvalue weighted by molar-refractivity contribution is 6.08. The molecule has 1 atom stereocenters.